The van der Waals surface area contributed by atoms with Crippen molar-refractivity contribution in [3.05, 3.63) is 39.9 Å². The van der Waals surface area contributed by atoms with Gasteiger partial charge in [0.25, 0.3) is 5.69 Å². The number of hydrogen-bond donors (Lipinski definition) is 1. The lowest BCUT2D eigenvalue weighted by Crippen LogP contribution is -2.44. The molecule has 1 unspecified atom stereocenters. The van der Waals surface area contributed by atoms with Crippen molar-refractivity contribution in [2.45, 2.75) is 66.0 Å². The van der Waals surface area contributed by atoms with Crippen LogP contribution in [0.2, 0.25) is 0 Å². The van der Waals surface area contributed by atoms with Crippen LogP contribution in [-0.4, -0.2) is 10.5 Å². The first-order chi connectivity index (χ1) is 9.54. The number of rotatable bonds is 6. The Morgan fingerprint density at radius 3 is 2.33 bits per heavy atom. The molecule has 1 rings (SSSR count). The molecule has 1 aromatic rings. The molecule has 4 heteroatoms. The van der Waals surface area contributed by atoms with E-state index < -0.39 is 0 Å². The third-order valence-electron chi connectivity index (χ3n) is 3.43. The summed E-state index contributed by atoms with van der Waals surface area (Å²) in [6.45, 7) is 13.2. The molecule has 0 aliphatic rings. The normalized spacial score (nSPS) is 14.0. The first kappa shape index (κ1) is 17.6. The Hall–Kier alpha value is -1.42. The number of non-ortho nitro benzene ring substituents is 1. The van der Waals surface area contributed by atoms with Crippen molar-refractivity contribution in [1.29, 1.82) is 0 Å². The minimum absolute atomic E-state index is 0.0243. The maximum absolute atomic E-state index is 10.9. The zero-order valence-electron chi connectivity index (χ0n) is 14.1. The Kier molecular flexibility index (Phi) is 5.51. The van der Waals surface area contributed by atoms with Crippen LogP contribution in [0.15, 0.2) is 24.3 Å². The molecule has 1 N–H and O–H groups in total. The summed E-state index contributed by atoms with van der Waals surface area (Å²) in [5, 5.41) is 14.6. The summed E-state index contributed by atoms with van der Waals surface area (Å²) in [5.74, 6) is 0. The van der Waals surface area contributed by atoms with E-state index in [2.05, 4.69) is 46.9 Å². The van der Waals surface area contributed by atoms with Crippen molar-refractivity contribution in [1.82, 2.24) is 5.32 Å². The van der Waals surface area contributed by atoms with Crippen LogP contribution >= 0.6 is 0 Å². The van der Waals surface area contributed by atoms with Gasteiger partial charge in [-0.1, -0.05) is 39.8 Å². The maximum Gasteiger partial charge on any atom is 0.269 e. The summed E-state index contributed by atoms with van der Waals surface area (Å²) in [6.07, 6.45) is 1.93. The second-order valence-corrected chi connectivity index (χ2v) is 7.58. The molecule has 0 heterocycles. The third-order valence-corrected chi connectivity index (χ3v) is 3.43. The van der Waals surface area contributed by atoms with Gasteiger partial charge in [0.05, 0.1) is 4.92 Å². The molecule has 118 valence electrons. The minimum Gasteiger partial charge on any atom is -0.305 e. The molecule has 0 saturated carbocycles. The summed E-state index contributed by atoms with van der Waals surface area (Å²) in [5.41, 5.74) is 1.34. The highest BCUT2D eigenvalue weighted by Crippen LogP contribution is 2.30. The van der Waals surface area contributed by atoms with Gasteiger partial charge in [-0.25, -0.2) is 0 Å². The van der Waals surface area contributed by atoms with E-state index in [9.17, 15) is 10.1 Å². The van der Waals surface area contributed by atoms with Gasteiger partial charge in [-0.2, -0.15) is 0 Å². The molecular formula is C17H28N2O2. The Morgan fingerprint density at radius 2 is 1.86 bits per heavy atom. The van der Waals surface area contributed by atoms with Crippen LogP contribution in [0, 0.1) is 15.5 Å². The number of nitro benzene ring substituents is 1. The van der Waals surface area contributed by atoms with E-state index in [0.717, 1.165) is 18.4 Å². The largest absolute Gasteiger partial charge is 0.305 e. The van der Waals surface area contributed by atoms with Gasteiger partial charge < -0.3 is 5.32 Å². The molecule has 0 spiro atoms. The lowest BCUT2D eigenvalue weighted by molar-refractivity contribution is -0.384. The van der Waals surface area contributed by atoms with E-state index in [-0.39, 0.29) is 27.6 Å². The van der Waals surface area contributed by atoms with Gasteiger partial charge in [-0.05, 0) is 37.7 Å². The van der Waals surface area contributed by atoms with Crippen LogP contribution in [0.5, 0.6) is 0 Å². The molecule has 4 nitrogen and oxygen atoms in total. The van der Waals surface area contributed by atoms with Crippen LogP contribution in [0.3, 0.4) is 0 Å². The van der Waals surface area contributed by atoms with Crippen molar-refractivity contribution in [2.24, 2.45) is 5.41 Å². The molecule has 0 amide bonds. The van der Waals surface area contributed by atoms with Crippen molar-refractivity contribution in [2.75, 3.05) is 0 Å². The van der Waals surface area contributed by atoms with Gasteiger partial charge in [-0.15, -0.1) is 0 Å². The Bertz CT molecular complexity index is 490. The Morgan fingerprint density at radius 1 is 1.24 bits per heavy atom. The average molecular weight is 292 g/mol. The Balaban J connectivity index is 2.93. The van der Waals surface area contributed by atoms with Crippen molar-refractivity contribution in [3.63, 3.8) is 0 Å². The number of nitrogens with zero attached hydrogens (tertiary/aromatic N) is 1. The second kappa shape index (κ2) is 6.56. The van der Waals surface area contributed by atoms with E-state index in [1.54, 1.807) is 12.1 Å². The van der Waals surface area contributed by atoms with Gasteiger partial charge in [0.15, 0.2) is 0 Å². The minimum atomic E-state index is -0.337. The maximum atomic E-state index is 10.9. The highest BCUT2D eigenvalue weighted by atomic mass is 16.6. The predicted molar refractivity (Wildman–Crippen MR) is 87.4 cm³/mol. The topological polar surface area (TPSA) is 55.2 Å². The summed E-state index contributed by atoms with van der Waals surface area (Å²) in [4.78, 5) is 10.6. The molecule has 0 saturated heterocycles. The van der Waals surface area contributed by atoms with Gasteiger partial charge in [-0.3, -0.25) is 10.1 Å². The quantitative estimate of drug-likeness (QED) is 0.602. The lowest BCUT2D eigenvalue weighted by Gasteiger charge is -2.37. The van der Waals surface area contributed by atoms with E-state index in [0.29, 0.717) is 0 Å². The molecular weight excluding hydrogens is 264 g/mol. The van der Waals surface area contributed by atoms with E-state index in [1.165, 1.54) is 6.07 Å². The zero-order chi connectivity index (χ0) is 16.3. The molecule has 0 radical (unpaired) electrons. The van der Waals surface area contributed by atoms with Crippen molar-refractivity contribution < 1.29 is 4.92 Å². The highest BCUT2D eigenvalue weighted by molar-refractivity contribution is 5.35. The summed E-state index contributed by atoms with van der Waals surface area (Å²) >= 11 is 0. The van der Waals surface area contributed by atoms with Gasteiger partial charge in [0.2, 0.25) is 0 Å². The van der Waals surface area contributed by atoms with Crippen molar-refractivity contribution >= 4 is 5.69 Å². The summed E-state index contributed by atoms with van der Waals surface area (Å²) < 4.78 is 0. The van der Waals surface area contributed by atoms with Crippen LogP contribution in [0.1, 0.15) is 66.0 Å². The second-order valence-electron chi connectivity index (χ2n) is 7.58. The molecule has 0 aromatic heterocycles. The summed E-state index contributed by atoms with van der Waals surface area (Å²) in [6, 6.07) is 7.06. The van der Waals surface area contributed by atoms with Crippen LogP contribution < -0.4 is 5.32 Å². The van der Waals surface area contributed by atoms with Gasteiger partial charge in [0.1, 0.15) is 0 Å². The van der Waals surface area contributed by atoms with E-state index in [4.69, 9.17) is 0 Å². The number of hydrogen-bond acceptors (Lipinski definition) is 3. The monoisotopic (exact) mass is 292 g/mol. The molecule has 0 fully saturated rings. The fraction of sp³-hybridized carbons (Fsp3) is 0.647. The van der Waals surface area contributed by atoms with Gasteiger partial charge >= 0.3 is 0 Å². The van der Waals surface area contributed by atoms with E-state index >= 15 is 0 Å². The SMILES string of the molecule is CCC(NC(C)(C)CC(C)(C)C)c1cccc([N+](=O)[O-])c1. The fourth-order valence-corrected chi connectivity index (χ4v) is 3.12. The molecule has 0 aliphatic heterocycles. The van der Waals surface area contributed by atoms with Crippen LogP contribution in [0.4, 0.5) is 5.69 Å². The zero-order valence-corrected chi connectivity index (χ0v) is 14.1. The number of benzene rings is 1. The Labute approximate surface area is 128 Å². The standard InChI is InChI=1S/C17H28N2O2/c1-7-15(18-17(5,6)12-16(2,3)4)13-9-8-10-14(11-13)19(20)21/h8-11,15,18H,7,12H2,1-6H3. The smallest absolute Gasteiger partial charge is 0.269 e. The summed E-state index contributed by atoms with van der Waals surface area (Å²) in [7, 11) is 0. The van der Waals surface area contributed by atoms with Crippen molar-refractivity contribution in [3.8, 4) is 0 Å². The highest BCUT2D eigenvalue weighted by Gasteiger charge is 2.28. The molecule has 1 atom stereocenters. The van der Waals surface area contributed by atoms with E-state index in [1.807, 2.05) is 6.07 Å². The predicted octanol–water partition coefficient (Wildman–Crippen LogP) is 4.85. The van der Waals surface area contributed by atoms with Crippen LogP contribution in [-0.2, 0) is 0 Å². The van der Waals surface area contributed by atoms with Crippen LogP contribution in [0.25, 0.3) is 0 Å². The third kappa shape index (κ3) is 5.84. The fourth-order valence-electron chi connectivity index (χ4n) is 3.12. The lowest BCUT2D eigenvalue weighted by atomic mass is 9.81. The number of nitro groups is 1. The number of nitrogens with one attached hydrogen (secondary N) is 1. The van der Waals surface area contributed by atoms with Gasteiger partial charge in [0, 0.05) is 23.7 Å². The molecule has 0 aliphatic carbocycles. The average Bonchev–Trinajstić information content (AvgIpc) is 2.33. The molecule has 0 bridgehead atoms. The molecule has 21 heavy (non-hydrogen) atoms. The first-order valence-corrected chi connectivity index (χ1v) is 7.56. The molecule has 1 aromatic carbocycles. The first-order valence-electron chi connectivity index (χ1n) is 7.56.